The van der Waals surface area contributed by atoms with Crippen LogP contribution in [0.25, 0.3) is 0 Å². The van der Waals surface area contributed by atoms with Gasteiger partial charge in [0.2, 0.25) is 0 Å². The van der Waals surface area contributed by atoms with Gasteiger partial charge in [0.1, 0.15) is 17.4 Å². The predicted molar refractivity (Wildman–Crippen MR) is 132 cm³/mol. The Labute approximate surface area is 201 Å². The molecule has 0 saturated carbocycles. The first-order chi connectivity index (χ1) is 14.6. The largest absolute Gasteiger partial charge is 0.444 e. The molecule has 1 saturated heterocycles. The van der Waals surface area contributed by atoms with Crippen LogP contribution in [0, 0.1) is 0 Å². The molecule has 0 bridgehead atoms. The van der Waals surface area contributed by atoms with Crippen molar-refractivity contribution in [1.29, 1.82) is 0 Å². The van der Waals surface area contributed by atoms with Gasteiger partial charge < -0.3 is 24.1 Å². The summed E-state index contributed by atoms with van der Waals surface area (Å²) in [4.78, 5) is 26.5. The molecule has 1 aliphatic rings. The average Bonchev–Trinajstić information content (AvgIpc) is 2.91. The number of hydrogen-bond donors (Lipinski definition) is 1. The fourth-order valence-electron chi connectivity index (χ4n) is 3.37. The zero-order valence-electron chi connectivity index (χ0n) is 22.8. The van der Waals surface area contributed by atoms with E-state index in [1.807, 2.05) is 20.8 Å². The number of rotatable bonds is 6. The second-order valence-electron chi connectivity index (χ2n) is 12.7. The van der Waals surface area contributed by atoms with E-state index in [1.54, 1.807) is 32.6 Å². The highest BCUT2D eigenvalue weighted by atomic mass is 28.4. The summed E-state index contributed by atoms with van der Waals surface area (Å²) in [5.41, 5.74) is -1.32. The molecule has 194 valence electrons. The van der Waals surface area contributed by atoms with Crippen LogP contribution in [0.3, 0.4) is 0 Å². The Balaban J connectivity index is 2.93. The summed E-state index contributed by atoms with van der Waals surface area (Å²) in [6.07, 6.45) is -2.05. The standard InChI is InChI=1S/C24H47FN2O5Si/c1-16(26-20(28)30-22(2,3)4)19(25)14-17-13-18(32-33(11,12)24(8,9)10)15-27(17)21(29)31-23(5,6)7/h16-19H,13-15H2,1-12H3,(H,26,28)/t16?,17-,18-,19?/m1/s1. The number of carbonyl (C=O) groups is 2. The van der Waals surface area contributed by atoms with Crippen LogP contribution in [0.1, 0.15) is 82.1 Å². The molecule has 0 aromatic rings. The molecule has 0 aromatic carbocycles. The smallest absolute Gasteiger partial charge is 0.410 e. The molecule has 1 heterocycles. The van der Waals surface area contributed by atoms with Crippen molar-refractivity contribution in [1.82, 2.24) is 10.2 Å². The Morgan fingerprint density at radius 2 is 1.55 bits per heavy atom. The number of halogens is 1. The molecule has 0 aliphatic carbocycles. The van der Waals surface area contributed by atoms with Crippen molar-refractivity contribution >= 4 is 20.5 Å². The van der Waals surface area contributed by atoms with E-state index < -0.39 is 43.9 Å². The van der Waals surface area contributed by atoms with Gasteiger partial charge in [0.05, 0.1) is 12.1 Å². The van der Waals surface area contributed by atoms with Crippen molar-refractivity contribution in [3.05, 3.63) is 0 Å². The Bertz CT molecular complexity index is 682. The second kappa shape index (κ2) is 10.5. The molecule has 2 unspecified atom stereocenters. The van der Waals surface area contributed by atoms with Crippen molar-refractivity contribution < 1.29 is 27.9 Å². The van der Waals surface area contributed by atoms with Crippen LogP contribution in [0.4, 0.5) is 14.0 Å². The van der Waals surface area contributed by atoms with E-state index in [2.05, 4.69) is 39.2 Å². The van der Waals surface area contributed by atoms with Crippen LogP contribution in [-0.2, 0) is 13.9 Å². The van der Waals surface area contributed by atoms with Crippen LogP contribution < -0.4 is 5.32 Å². The summed E-state index contributed by atoms with van der Waals surface area (Å²) in [5, 5.41) is 2.59. The molecule has 1 aliphatic heterocycles. The molecule has 33 heavy (non-hydrogen) atoms. The first-order valence-corrected chi connectivity index (χ1v) is 14.8. The van der Waals surface area contributed by atoms with Crippen LogP contribution in [0.5, 0.6) is 0 Å². The summed E-state index contributed by atoms with van der Waals surface area (Å²) < 4.78 is 32.6. The average molecular weight is 491 g/mol. The molecule has 2 amide bonds. The lowest BCUT2D eigenvalue weighted by Crippen LogP contribution is -2.46. The number of hydrogen-bond acceptors (Lipinski definition) is 5. The maximum Gasteiger partial charge on any atom is 0.410 e. The predicted octanol–water partition coefficient (Wildman–Crippen LogP) is 6.03. The summed E-state index contributed by atoms with van der Waals surface area (Å²) >= 11 is 0. The third-order valence-corrected chi connectivity index (χ3v) is 10.6. The lowest BCUT2D eigenvalue weighted by Gasteiger charge is -2.38. The van der Waals surface area contributed by atoms with Gasteiger partial charge in [0.15, 0.2) is 8.32 Å². The minimum Gasteiger partial charge on any atom is -0.444 e. The van der Waals surface area contributed by atoms with Gasteiger partial charge >= 0.3 is 12.2 Å². The van der Waals surface area contributed by atoms with Crippen LogP contribution in [0.2, 0.25) is 18.1 Å². The topological polar surface area (TPSA) is 77.1 Å². The third-order valence-electron chi connectivity index (χ3n) is 6.06. The van der Waals surface area contributed by atoms with E-state index in [1.165, 1.54) is 0 Å². The van der Waals surface area contributed by atoms with Gasteiger partial charge in [-0.3, -0.25) is 0 Å². The highest BCUT2D eigenvalue weighted by Crippen LogP contribution is 2.39. The molecule has 4 atom stereocenters. The van der Waals surface area contributed by atoms with Gasteiger partial charge in [-0.1, -0.05) is 20.8 Å². The molecule has 1 N–H and O–H groups in total. The fraction of sp³-hybridized carbons (Fsp3) is 0.917. The molecule has 1 rings (SSSR count). The zero-order chi connectivity index (χ0) is 26.0. The number of nitrogens with zero attached hydrogens (tertiary/aromatic N) is 1. The van der Waals surface area contributed by atoms with E-state index in [4.69, 9.17) is 13.9 Å². The molecule has 9 heteroatoms. The Morgan fingerprint density at radius 1 is 1.03 bits per heavy atom. The van der Waals surface area contributed by atoms with Crippen molar-refractivity contribution in [3.63, 3.8) is 0 Å². The Hall–Kier alpha value is -1.35. The van der Waals surface area contributed by atoms with Crippen molar-refractivity contribution in [2.75, 3.05) is 6.54 Å². The summed E-state index contributed by atoms with van der Waals surface area (Å²) in [5.74, 6) is 0. The van der Waals surface area contributed by atoms with E-state index in [-0.39, 0.29) is 23.6 Å². The monoisotopic (exact) mass is 490 g/mol. The highest BCUT2D eigenvalue weighted by Gasteiger charge is 2.45. The fourth-order valence-corrected chi connectivity index (χ4v) is 4.73. The molecular formula is C24H47FN2O5Si. The molecule has 0 radical (unpaired) electrons. The summed E-state index contributed by atoms with van der Waals surface area (Å²) in [6.45, 7) is 23.5. The molecule has 0 spiro atoms. The number of nitrogens with one attached hydrogen (secondary N) is 1. The lowest BCUT2D eigenvalue weighted by atomic mass is 10.0. The van der Waals surface area contributed by atoms with Crippen LogP contribution in [-0.4, -0.2) is 67.5 Å². The number of amides is 2. The number of likely N-dealkylation sites (tertiary alicyclic amines) is 1. The van der Waals surface area contributed by atoms with Gasteiger partial charge in [-0.05, 0) is 73.0 Å². The van der Waals surface area contributed by atoms with Crippen molar-refractivity contribution in [2.45, 2.75) is 136 Å². The van der Waals surface area contributed by atoms with E-state index in [9.17, 15) is 9.59 Å². The maximum atomic E-state index is 15.2. The molecular weight excluding hydrogens is 443 g/mol. The number of ether oxygens (including phenoxy) is 2. The van der Waals surface area contributed by atoms with Gasteiger partial charge in [0.25, 0.3) is 0 Å². The molecule has 0 aromatic heterocycles. The normalized spacial score (nSPS) is 22.0. The van der Waals surface area contributed by atoms with Gasteiger partial charge in [0, 0.05) is 19.0 Å². The minimum absolute atomic E-state index is 0.0241. The number of carbonyl (C=O) groups excluding carboxylic acids is 2. The van der Waals surface area contributed by atoms with E-state index in [0.717, 1.165) is 0 Å². The zero-order valence-corrected chi connectivity index (χ0v) is 23.8. The Morgan fingerprint density at radius 3 is 2.00 bits per heavy atom. The first-order valence-electron chi connectivity index (χ1n) is 11.9. The quantitative estimate of drug-likeness (QED) is 0.460. The lowest BCUT2D eigenvalue weighted by molar-refractivity contribution is 0.0176. The first kappa shape index (κ1) is 29.7. The van der Waals surface area contributed by atoms with E-state index in [0.29, 0.717) is 13.0 Å². The maximum absolute atomic E-state index is 15.2. The summed E-state index contributed by atoms with van der Waals surface area (Å²) in [7, 11) is -2.06. The molecule has 7 nitrogen and oxygen atoms in total. The van der Waals surface area contributed by atoms with Crippen molar-refractivity contribution in [3.8, 4) is 0 Å². The third kappa shape index (κ3) is 9.80. The summed E-state index contributed by atoms with van der Waals surface area (Å²) in [6, 6.07) is -1.15. The SMILES string of the molecule is CC(NC(=O)OC(C)(C)C)C(F)C[C@H]1C[C@@H](O[Si](C)(C)C(C)(C)C)CN1C(=O)OC(C)(C)C. The number of alkyl carbamates (subject to hydrolysis) is 1. The minimum atomic E-state index is -2.06. The molecule has 1 fully saturated rings. The van der Waals surface area contributed by atoms with Crippen LogP contribution >= 0.6 is 0 Å². The Kier molecular flexibility index (Phi) is 9.44. The van der Waals surface area contributed by atoms with Gasteiger partial charge in [-0.15, -0.1) is 0 Å². The van der Waals surface area contributed by atoms with E-state index >= 15 is 4.39 Å². The number of alkyl halides is 1. The van der Waals surface area contributed by atoms with Gasteiger partial charge in [-0.2, -0.15) is 0 Å². The highest BCUT2D eigenvalue weighted by molar-refractivity contribution is 6.74. The van der Waals surface area contributed by atoms with Crippen LogP contribution in [0.15, 0.2) is 0 Å². The van der Waals surface area contributed by atoms with Crippen molar-refractivity contribution in [2.24, 2.45) is 0 Å². The van der Waals surface area contributed by atoms with Gasteiger partial charge in [-0.25, -0.2) is 14.0 Å². The second-order valence-corrected chi connectivity index (χ2v) is 17.5.